The number of hydrogen-bond donors (Lipinski definition) is 1. The highest BCUT2D eigenvalue weighted by atomic mass is 19.2. The first-order valence-corrected chi connectivity index (χ1v) is 6.29. The van der Waals surface area contributed by atoms with Gasteiger partial charge in [-0.1, -0.05) is 13.0 Å². The van der Waals surface area contributed by atoms with Crippen LogP contribution in [-0.2, 0) is 6.54 Å². The molecule has 1 aromatic heterocycles. The molecule has 0 saturated heterocycles. The number of benzene rings is 1. The maximum atomic E-state index is 13.1. The van der Waals surface area contributed by atoms with E-state index in [0.29, 0.717) is 12.1 Å². The van der Waals surface area contributed by atoms with Crippen LogP contribution in [0, 0.1) is 11.6 Å². The molecule has 0 saturated carbocycles. The van der Waals surface area contributed by atoms with Crippen LogP contribution in [0.3, 0.4) is 0 Å². The van der Waals surface area contributed by atoms with Crippen molar-refractivity contribution in [3.63, 3.8) is 0 Å². The minimum atomic E-state index is -0.828. The quantitative estimate of drug-likeness (QED) is 0.901. The summed E-state index contributed by atoms with van der Waals surface area (Å²) in [7, 11) is 0. The Balaban J connectivity index is 2.09. The Labute approximate surface area is 111 Å². The lowest BCUT2D eigenvalue weighted by Crippen LogP contribution is -2.17. The Morgan fingerprint density at radius 2 is 2.11 bits per heavy atom. The summed E-state index contributed by atoms with van der Waals surface area (Å²) in [5, 5.41) is 7.52. The zero-order valence-electron chi connectivity index (χ0n) is 11.0. The van der Waals surface area contributed by atoms with Gasteiger partial charge in [0.25, 0.3) is 0 Å². The van der Waals surface area contributed by atoms with E-state index in [1.165, 1.54) is 6.07 Å². The molecule has 1 N–H and O–H groups in total. The van der Waals surface area contributed by atoms with E-state index < -0.39 is 11.6 Å². The van der Waals surface area contributed by atoms with Gasteiger partial charge in [-0.2, -0.15) is 5.10 Å². The molecular weight excluding hydrogens is 248 g/mol. The summed E-state index contributed by atoms with van der Waals surface area (Å²) in [5.74, 6) is -1.66. The van der Waals surface area contributed by atoms with Crippen LogP contribution in [0.5, 0.6) is 0 Å². The highest BCUT2D eigenvalue weighted by molar-refractivity contribution is 5.18. The molecule has 19 heavy (non-hydrogen) atoms. The van der Waals surface area contributed by atoms with E-state index in [2.05, 4.69) is 17.3 Å². The average molecular weight is 265 g/mol. The Morgan fingerprint density at radius 3 is 2.79 bits per heavy atom. The molecule has 5 heteroatoms. The van der Waals surface area contributed by atoms with Crippen LogP contribution in [0.4, 0.5) is 8.78 Å². The molecule has 1 aromatic carbocycles. The first-order valence-electron chi connectivity index (χ1n) is 6.29. The van der Waals surface area contributed by atoms with E-state index in [0.717, 1.165) is 18.2 Å². The summed E-state index contributed by atoms with van der Waals surface area (Å²) in [5.41, 5.74) is 1.76. The summed E-state index contributed by atoms with van der Waals surface area (Å²) < 4.78 is 27.6. The molecule has 2 aromatic rings. The summed E-state index contributed by atoms with van der Waals surface area (Å²) >= 11 is 0. The number of hydrogen-bond acceptors (Lipinski definition) is 2. The van der Waals surface area contributed by atoms with Crippen molar-refractivity contribution in [2.24, 2.45) is 0 Å². The fraction of sp³-hybridized carbons (Fsp3) is 0.357. The highest BCUT2D eigenvalue weighted by Gasteiger charge is 2.08. The standard InChI is InChI=1S/C14H17F2N3/c1-3-17-10(2)12-7-18-19(9-12)8-11-4-5-13(15)14(16)6-11/h4-7,9-10,17H,3,8H2,1-2H3. The molecule has 1 atom stereocenters. The van der Waals surface area contributed by atoms with Crippen molar-refractivity contribution < 1.29 is 8.78 Å². The molecule has 0 aliphatic heterocycles. The van der Waals surface area contributed by atoms with Gasteiger partial charge < -0.3 is 5.32 Å². The maximum absolute atomic E-state index is 13.1. The minimum absolute atomic E-state index is 0.226. The second-order valence-electron chi connectivity index (χ2n) is 4.50. The molecule has 0 aliphatic rings. The summed E-state index contributed by atoms with van der Waals surface area (Å²) in [6.07, 6.45) is 3.70. The zero-order chi connectivity index (χ0) is 13.8. The summed E-state index contributed by atoms with van der Waals surface area (Å²) in [6.45, 7) is 5.41. The molecule has 0 aliphatic carbocycles. The molecule has 0 fully saturated rings. The number of nitrogens with zero attached hydrogens (tertiary/aromatic N) is 2. The topological polar surface area (TPSA) is 29.9 Å². The van der Waals surface area contributed by atoms with Crippen molar-refractivity contribution in [1.29, 1.82) is 0 Å². The van der Waals surface area contributed by atoms with Gasteiger partial charge in [0.15, 0.2) is 11.6 Å². The summed E-state index contributed by atoms with van der Waals surface area (Å²) in [6, 6.07) is 4.12. The van der Waals surface area contributed by atoms with Crippen molar-refractivity contribution in [2.75, 3.05) is 6.54 Å². The highest BCUT2D eigenvalue weighted by Crippen LogP contribution is 2.13. The fourth-order valence-corrected chi connectivity index (χ4v) is 1.94. The molecule has 1 unspecified atom stereocenters. The van der Waals surface area contributed by atoms with Crippen LogP contribution < -0.4 is 5.32 Å². The maximum Gasteiger partial charge on any atom is 0.159 e. The van der Waals surface area contributed by atoms with E-state index in [-0.39, 0.29) is 6.04 Å². The number of rotatable bonds is 5. The van der Waals surface area contributed by atoms with Crippen molar-refractivity contribution in [2.45, 2.75) is 26.4 Å². The predicted octanol–water partition coefficient (Wildman–Crippen LogP) is 2.88. The van der Waals surface area contributed by atoms with Crippen LogP contribution in [0.2, 0.25) is 0 Å². The lowest BCUT2D eigenvalue weighted by molar-refractivity contribution is 0.505. The van der Waals surface area contributed by atoms with Crippen LogP contribution in [-0.4, -0.2) is 16.3 Å². The van der Waals surface area contributed by atoms with Crippen molar-refractivity contribution >= 4 is 0 Å². The van der Waals surface area contributed by atoms with Gasteiger partial charge in [0.05, 0.1) is 12.7 Å². The predicted molar refractivity (Wildman–Crippen MR) is 69.8 cm³/mol. The van der Waals surface area contributed by atoms with Crippen molar-refractivity contribution in [3.05, 3.63) is 53.4 Å². The van der Waals surface area contributed by atoms with Gasteiger partial charge in [-0.05, 0) is 31.2 Å². The third-order valence-electron chi connectivity index (χ3n) is 2.99. The average Bonchev–Trinajstić information content (AvgIpc) is 2.83. The van der Waals surface area contributed by atoms with E-state index in [9.17, 15) is 8.78 Å². The first-order chi connectivity index (χ1) is 9.10. The molecule has 0 amide bonds. The lowest BCUT2D eigenvalue weighted by Gasteiger charge is -2.08. The first kappa shape index (κ1) is 13.7. The number of aromatic nitrogens is 2. The largest absolute Gasteiger partial charge is 0.310 e. The minimum Gasteiger partial charge on any atom is -0.310 e. The normalized spacial score (nSPS) is 12.6. The Kier molecular flexibility index (Phi) is 4.27. The van der Waals surface area contributed by atoms with E-state index in [1.807, 2.05) is 13.1 Å². The lowest BCUT2D eigenvalue weighted by atomic mass is 10.2. The molecule has 0 radical (unpaired) electrons. The Bertz CT molecular complexity index is 551. The van der Waals surface area contributed by atoms with Gasteiger partial charge >= 0.3 is 0 Å². The van der Waals surface area contributed by atoms with Gasteiger partial charge in [0.1, 0.15) is 0 Å². The van der Waals surface area contributed by atoms with Gasteiger partial charge in [-0.25, -0.2) is 8.78 Å². The molecule has 0 bridgehead atoms. The third kappa shape index (κ3) is 3.38. The van der Waals surface area contributed by atoms with Crippen molar-refractivity contribution in [1.82, 2.24) is 15.1 Å². The van der Waals surface area contributed by atoms with Crippen molar-refractivity contribution in [3.8, 4) is 0 Å². The molecule has 3 nitrogen and oxygen atoms in total. The summed E-state index contributed by atoms with van der Waals surface area (Å²) in [4.78, 5) is 0. The van der Waals surface area contributed by atoms with Crippen LogP contribution in [0.25, 0.3) is 0 Å². The molecule has 2 rings (SSSR count). The van der Waals surface area contributed by atoms with E-state index in [1.54, 1.807) is 16.9 Å². The van der Waals surface area contributed by atoms with Gasteiger partial charge in [-0.15, -0.1) is 0 Å². The van der Waals surface area contributed by atoms with Gasteiger partial charge in [0.2, 0.25) is 0 Å². The molecular formula is C14H17F2N3. The Hall–Kier alpha value is -1.75. The fourth-order valence-electron chi connectivity index (χ4n) is 1.94. The number of nitrogens with one attached hydrogen (secondary N) is 1. The van der Waals surface area contributed by atoms with Crippen LogP contribution in [0.15, 0.2) is 30.6 Å². The third-order valence-corrected chi connectivity index (χ3v) is 2.99. The molecule has 102 valence electrons. The molecule has 0 spiro atoms. The zero-order valence-corrected chi connectivity index (χ0v) is 11.0. The molecule has 1 heterocycles. The van der Waals surface area contributed by atoms with Gasteiger partial charge in [-0.3, -0.25) is 4.68 Å². The van der Waals surface area contributed by atoms with E-state index in [4.69, 9.17) is 0 Å². The number of halogens is 2. The SMILES string of the molecule is CCNC(C)c1cnn(Cc2ccc(F)c(F)c2)c1. The van der Waals surface area contributed by atoms with Gasteiger partial charge in [0, 0.05) is 17.8 Å². The monoisotopic (exact) mass is 265 g/mol. The van der Waals surface area contributed by atoms with E-state index >= 15 is 0 Å². The van der Waals surface area contributed by atoms with Crippen LogP contribution >= 0.6 is 0 Å². The smallest absolute Gasteiger partial charge is 0.159 e. The second kappa shape index (κ2) is 5.93. The second-order valence-corrected chi connectivity index (χ2v) is 4.50. The van der Waals surface area contributed by atoms with Crippen LogP contribution in [0.1, 0.15) is 31.0 Å². The Morgan fingerprint density at radius 1 is 1.32 bits per heavy atom.